The Hall–Kier alpha value is 0.290. The minimum atomic E-state index is -3.38. The molecule has 3 nitrogen and oxygen atoms in total. The molecule has 0 aromatic carbocycles. The molecule has 0 bridgehead atoms. The van der Waals surface area contributed by atoms with Crippen LogP contribution in [0.4, 0.5) is 0 Å². The van der Waals surface area contributed by atoms with Crippen molar-refractivity contribution in [1.29, 1.82) is 0 Å². The third kappa shape index (κ3) is 10.3. The maximum absolute atomic E-state index is 10.4. The third-order valence-corrected chi connectivity index (χ3v) is 2.23. The highest BCUT2D eigenvalue weighted by Crippen LogP contribution is 2.03. The molecule has 0 radical (unpaired) electrons. The first-order valence-electron chi connectivity index (χ1n) is 4.18. The van der Waals surface area contributed by atoms with Gasteiger partial charge < -0.3 is 0 Å². The maximum atomic E-state index is 10.4. The SMILES string of the molecule is CCCCCCCOS(=O)(O)=S. The number of unbranched alkanes of at least 4 members (excludes halogenated alkanes) is 4. The Morgan fingerprint density at radius 1 is 1.33 bits per heavy atom. The van der Waals surface area contributed by atoms with E-state index in [2.05, 4.69) is 22.3 Å². The van der Waals surface area contributed by atoms with Crippen LogP contribution in [0.1, 0.15) is 39.0 Å². The smallest absolute Gasteiger partial charge is 0.266 e. The van der Waals surface area contributed by atoms with E-state index in [0.717, 1.165) is 19.3 Å². The summed E-state index contributed by atoms with van der Waals surface area (Å²) in [6.45, 7) is 2.43. The number of hydrogen-bond donors (Lipinski definition) is 1. The zero-order valence-electron chi connectivity index (χ0n) is 7.32. The normalized spacial score (nSPS) is 15.8. The third-order valence-electron chi connectivity index (χ3n) is 1.48. The fourth-order valence-corrected chi connectivity index (χ4v) is 1.40. The molecule has 0 aliphatic rings. The lowest BCUT2D eigenvalue weighted by molar-refractivity contribution is 0.294. The molecule has 0 rings (SSSR count). The van der Waals surface area contributed by atoms with E-state index in [1.165, 1.54) is 12.8 Å². The molecular formula is C7H16O3S2. The van der Waals surface area contributed by atoms with Crippen molar-refractivity contribution in [3.63, 3.8) is 0 Å². The molecule has 5 heteroatoms. The van der Waals surface area contributed by atoms with Gasteiger partial charge in [-0.25, -0.2) is 0 Å². The molecule has 12 heavy (non-hydrogen) atoms. The van der Waals surface area contributed by atoms with Crippen molar-refractivity contribution >= 4 is 20.2 Å². The molecule has 0 saturated heterocycles. The van der Waals surface area contributed by atoms with Crippen LogP contribution < -0.4 is 0 Å². The van der Waals surface area contributed by atoms with E-state index in [-0.39, 0.29) is 0 Å². The van der Waals surface area contributed by atoms with Gasteiger partial charge in [-0.2, -0.15) is 4.21 Å². The molecule has 0 aromatic heterocycles. The number of hydrogen-bond acceptors (Lipinski definition) is 3. The lowest BCUT2D eigenvalue weighted by atomic mass is 10.2. The average Bonchev–Trinajstić information content (AvgIpc) is 1.94. The zero-order valence-corrected chi connectivity index (χ0v) is 8.96. The summed E-state index contributed by atoms with van der Waals surface area (Å²) >= 11 is 4.15. The lowest BCUT2D eigenvalue weighted by Gasteiger charge is -2.01. The molecule has 0 aliphatic carbocycles. The van der Waals surface area contributed by atoms with Crippen molar-refractivity contribution in [3.8, 4) is 0 Å². The Kier molecular flexibility index (Phi) is 6.93. The molecule has 0 spiro atoms. The first-order valence-corrected chi connectivity index (χ1v) is 6.54. The summed E-state index contributed by atoms with van der Waals surface area (Å²) in [6, 6.07) is 0. The predicted octanol–water partition coefficient (Wildman–Crippen LogP) is 2.11. The van der Waals surface area contributed by atoms with E-state index in [1.807, 2.05) is 0 Å². The van der Waals surface area contributed by atoms with Gasteiger partial charge >= 0.3 is 0 Å². The molecule has 0 aliphatic heterocycles. The molecule has 0 heterocycles. The Morgan fingerprint density at radius 2 is 1.92 bits per heavy atom. The topological polar surface area (TPSA) is 46.5 Å². The minimum absolute atomic E-state index is 0.294. The summed E-state index contributed by atoms with van der Waals surface area (Å²) in [4.78, 5) is 0. The standard InChI is InChI=1S/C7H16O3S2/c1-2-3-4-5-6-7-10-12(8,9)11/h2-7H2,1H3,(H,8,9,11). The van der Waals surface area contributed by atoms with E-state index in [0.29, 0.717) is 6.61 Å². The van der Waals surface area contributed by atoms with Gasteiger partial charge in [0, 0.05) is 11.2 Å². The van der Waals surface area contributed by atoms with Crippen molar-refractivity contribution in [1.82, 2.24) is 0 Å². The van der Waals surface area contributed by atoms with Gasteiger partial charge in [0.2, 0.25) is 0 Å². The van der Waals surface area contributed by atoms with Crippen molar-refractivity contribution in [2.75, 3.05) is 6.61 Å². The highest BCUT2D eigenvalue weighted by molar-refractivity contribution is 8.27. The van der Waals surface area contributed by atoms with Gasteiger partial charge in [-0.3, -0.25) is 8.74 Å². The second-order valence-electron chi connectivity index (χ2n) is 2.66. The van der Waals surface area contributed by atoms with Crippen LogP contribution in [-0.4, -0.2) is 15.4 Å². The summed E-state index contributed by atoms with van der Waals surface area (Å²) < 4.78 is 23.5. The second-order valence-corrected chi connectivity index (χ2v) is 5.02. The van der Waals surface area contributed by atoms with Crippen molar-refractivity contribution in [3.05, 3.63) is 0 Å². The van der Waals surface area contributed by atoms with Crippen LogP contribution in [0.25, 0.3) is 0 Å². The van der Waals surface area contributed by atoms with Crippen LogP contribution >= 0.6 is 0 Å². The van der Waals surface area contributed by atoms with Crippen molar-refractivity contribution in [2.24, 2.45) is 0 Å². The largest absolute Gasteiger partial charge is 0.285 e. The van der Waals surface area contributed by atoms with E-state index in [4.69, 9.17) is 4.55 Å². The molecule has 1 atom stereocenters. The van der Waals surface area contributed by atoms with E-state index in [9.17, 15) is 4.21 Å². The molecule has 0 fully saturated rings. The van der Waals surface area contributed by atoms with E-state index >= 15 is 0 Å². The molecule has 1 N–H and O–H groups in total. The summed E-state index contributed by atoms with van der Waals surface area (Å²) in [5, 5.41) is 0. The van der Waals surface area contributed by atoms with Gasteiger partial charge in [-0.15, -0.1) is 0 Å². The van der Waals surface area contributed by atoms with E-state index < -0.39 is 9.05 Å². The van der Waals surface area contributed by atoms with Crippen LogP contribution in [0.2, 0.25) is 0 Å². The fourth-order valence-electron chi connectivity index (χ4n) is 0.870. The van der Waals surface area contributed by atoms with Crippen LogP contribution in [-0.2, 0) is 24.4 Å². The maximum Gasteiger partial charge on any atom is 0.266 e. The van der Waals surface area contributed by atoms with Gasteiger partial charge in [-0.05, 0) is 6.42 Å². The summed E-state index contributed by atoms with van der Waals surface area (Å²) in [7, 11) is -3.38. The Bertz CT molecular complexity index is 187. The van der Waals surface area contributed by atoms with Gasteiger partial charge in [0.25, 0.3) is 9.05 Å². The van der Waals surface area contributed by atoms with Crippen molar-refractivity contribution < 1.29 is 12.9 Å². The second kappa shape index (κ2) is 6.77. The van der Waals surface area contributed by atoms with Gasteiger partial charge in [0.15, 0.2) is 0 Å². The van der Waals surface area contributed by atoms with Gasteiger partial charge in [0.1, 0.15) is 0 Å². The molecule has 0 saturated carbocycles. The van der Waals surface area contributed by atoms with E-state index in [1.54, 1.807) is 0 Å². The first-order chi connectivity index (χ1) is 5.56. The molecule has 1 unspecified atom stereocenters. The monoisotopic (exact) mass is 212 g/mol. The minimum Gasteiger partial charge on any atom is -0.285 e. The molecule has 0 amide bonds. The van der Waals surface area contributed by atoms with Crippen LogP contribution in [0.5, 0.6) is 0 Å². The molecule has 74 valence electrons. The van der Waals surface area contributed by atoms with Crippen molar-refractivity contribution in [2.45, 2.75) is 39.0 Å². The highest BCUT2D eigenvalue weighted by Gasteiger charge is 1.98. The summed E-state index contributed by atoms with van der Waals surface area (Å²) in [6.07, 6.45) is 5.41. The lowest BCUT2D eigenvalue weighted by Crippen LogP contribution is -2.03. The summed E-state index contributed by atoms with van der Waals surface area (Å²) in [5.41, 5.74) is 0. The quantitative estimate of drug-likeness (QED) is 0.657. The van der Waals surface area contributed by atoms with Crippen LogP contribution in [0.3, 0.4) is 0 Å². The van der Waals surface area contributed by atoms with Gasteiger partial charge in [0.05, 0.1) is 6.61 Å². The van der Waals surface area contributed by atoms with Crippen LogP contribution in [0.15, 0.2) is 0 Å². The fraction of sp³-hybridized carbons (Fsp3) is 1.00. The predicted molar refractivity (Wildman–Crippen MR) is 52.8 cm³/mol. The zero-order chi connectivity index (χ0) is 9.45. The van der Waals surface area contributed by atoms with Crippen LogP contribution in [0, 0.1) is 0 Å². The molecular weight excluding hydrogens is 196 g/mol. The Labute approximate surface area is 79.2 Å². The highest BCUT2D eigenvalue weighted by atomic mass is 32.9. The Morgan fingerprint density at radius 3 is 2.42 bits per heavy atom. The first kappa shape index (κ1) is 12.3. The number of rotatable bonds is 7. The Balaban J connectivity index is 3.12. The van der Waals surface area contributed by atoms with Gasteiger partial charge in [-0.1, -0.05) is 32.6 Å². The average molecular weight is 212 g/mol. The summed E-state index contributed by atoms with van der Waals surface area (Å²) in [5.74, 6) is 0. The molecule has 0 aromatic rings.